The smallest absolute Gasteiger partial charge is 0.182 e. The minimum atomic E-state index is -1.29. The largest absolute Gasteiger partial charge is 0.469 e. The second-order valence-corrected chi connectivity index (χ2v) is 6.32. The first-order valence-electron chi connectivity index (χ1n) is 7.05. The SMILES string of the molecule is O=C1CC(c2ccco2)CC(=O)C1C(=O)c1ccc(Cl)cc1Cl. The molecule has 23 heavy (non-hydrogen) atoms. The van der Waals surface area contributed by atoms with Gasteiger partial charge in [0.05, 0.1) is 11.3 Å². The van der Waals surface area contributed by atoms with Crippen LogP contribution in [0, 0.1) is 5.92 Å². The Balaban J connectivity index is 1.85. The summed E-state index contributed by atoms with van der Waals surface area (Å²) < 4.78 is 5.26. The van der Waals surface area contributed by atoms with Crippen LogP contribution in [0.4, 0.5) is 0 Å². The summed E-state index contributed by atoms with van der Waals surface area (Å²) in [5, 5.41) is 0.516. The van der Waals surface area contributed by atoms with Gasteiger partial charge in [-0.15, -0.1) is 0 Å². The normalized spacial score (nSPS) is 21.5. The van der Waals surface area contributed by atoms with E-state index in [4.69, 9.17) is 27.6 Å². The van der Waals surface area contributed by atoms with E-state index in [-0.39, 0.29) is 29.3 Å². The molecule has 1 heterocycles. The number of hydrogen-bond donors (Lipinski definition) is 0. The van der Waals surface area contributed by atoms with Crippen molar-refractivity contribution >= 4 is 40.6 Å². The molecule has 1 aromatic heterocycles. The molecule has 118 valence electrons. The summed E-state index contributed by atoms with van der Waals surface area (Å²) in [5.41, 5.74) is 0.138. The van der Waals surface area contributed by atoms with E-state index in [1.165, 1.54) is 24.5 Å². The third kappa shape index (κ3) is 3.09. The first-order valence-corrected chi connectivity index (χ1v) is 7.81. The molecule has 1 fully saturated rings. The van der Waals surface area contributed by atoms with Crippen molar-refractivity contribution in [3.63, 3.8) is 0 Å². The van der Waals surface area contributed by atoms with E-state index >= 15 is 0 Å². The molecule has 0 atom stereocenters. The Morgan fingerprint density at radius 1 is 1.09 bits per heavy atom. The number of hydrogen-bond acceptors (Lipinski definition) is 4. The van der Waals surface area contributed by atoms with Gasteiger partial charge < -0.3 is 4.42 Å². The van der Waals surface area contributed by atoms with E-state index in [0.717, 1.165) is 0 Å². The Morgan fingerprint density at radius 3 is 2.35 bits per heavy atom. The van der Waals surface area contributed by atoms with Gasteiger partial charge in [0.25, 0.3) is 0 Å². The molecular formula is C17H12Cl2O4. The summed E-state index contributed by atoms with van der Waals surface area (Å²) in [5.74, 6) is -2.39. The number of halogens is 2. The van der Waals surface area contributed by atoms with Crippen LogP contribution in [-0.2, 0) is 9.59 Å². The maximum Gasteiger partial charge on any atom is 0.182 e. The Morgan fingerprint density at radius 2 is 1.78 bits per heavy atom. The van der Waals surface area contributed by atoms with Crippen molar-refractivity contribution in [1.82, 2.24) is 0 Å². The molecule has 0 saturated heterocycles. The highest BCUT2D eigenvalue weighted by atomic mass is 35.5. The molecule has 1 saturated carbocycles. The van der Waals surface area contributed by atoms with Gasteiger partial charge in [-0.05, 0) is 30.3 Å². The number of Topliss-reactive ketones (excluding diaryl/α,β-unsaturated/α-hetero) is 3. The summed E-state index contributed by atoms with van der Waals surface area (Å²) in [4.78, 5) is 37.3. The lowest BCUT2D eigenvalue weighted by Crippen LogP contribution is -2.38. The number of carbonyl (C=O) groups is 3. The van der Waals surface area contributed by atoms with E-state index in [1.807, 2.05) is 0 Å². The molecule has 0 spiro atoms. The summed E-state index contributed by atoms with van der Waals surface area (Å²) in [6.07, 6.45) is 1.69. The number of rotatable bonds is 3. The second-order valence-electron chi connectivity index (χ2n) is 5.47. The van der Waals surface area contributed by atoms with Crippen LogP contribution >= 0.6 is 23.2 Å². The van der Waals surface area contributed by atoms with Gasteiger partial charge in [0, 0.05) is 29.3 Å². The van der Waals surface area contributed by atoms with E-state index in [2.05, 4.69) is 0 Å². The van der Waals surface area contributed by atoms with Crippen molar-refractivity contribution < 1.29 is 18.8 Å². The summed E-state index contributed by atoms with van der Waals surface area (Å²) in [6.45, 7) is 0. The number of ketones is 3. The number of carbonyl (C=O) groups excluding carboxylic acids is 3. The summed E-state index contributed by atoms with van der Waals surface area (Å²) in [7, 11) is 0. The number of furan rings is 1. The predicted octanol–water partition coefficient (Wildman–Crippen LogP) is 4.10. The van der Waals surface area contributed by atoms with Gasteiger partial charge in [0.1, 0.15) is 11.7 Å². The average Bonchev–Trinajstić information content (AvgIpc) is 3.00. The molecule has 0 bridgehead atoms. The predicted molar refractivity (Wildman–Crippen MR) is 85.0 cm³/mol. The van der Waals surface area contributed by atoms with Gasteiger partial charge in [-0.1, -0.05) is 23.2 Å². The molecule has 1 aliphatic carbocycles. The van der Waals surface area contributed by atoms with E-state index in [0.29, 0.717) is 10.8 Å². The maximum atomic E-state index is 12.6. The fourth-order valence-electron chi connectivity index (χ4n) is 2.84. The second kappa shape index (κ2) is 6.30. The highest BCUT2D eigenvalue weighted by Gasteiger charge is 2.42. The molecule has 1 aliphatic rings. The summed E-state index contributed by atoms with van der Waals surface area (Å²) >= 11 is 11.8. The molecule has 4 nitrogen and oxygen atoms in total. The fourth-order valence-corrected chi connectivity index (χ4v) is 3.34. The quantitative estimate of drug-likeness (QED) is 0.617. The third-order valence-corrected chi connectivity index (χ3v) is 4.49. The topological polar surface area (TPSA) is 64.3 Å². The molecule has 6 heteroatoms. The molecule has 0 unspecified atom stereocenters. The van der Waals surface area contributed by atoms with Crippen LogP contribution in [-0.4, -0.2) is 17.3 Å². The zero-order valence-corrected chi connectivity index (χ0v) is 13.4. The lowest BCUT2D eigenvalue weighted by Gasteiger charge is -2.24. The molecular weight excluding hydrogens is 339 g/mol. The Bertz CT molecular complexity index is 762. The van der Waals surface area contributed by atoms with Crippen LogP contribution in [0.25, 0.3) is 0 Å². The van der Waals surface area contributed by atoms with Crippen LogP contribution in [0.2, 0.25) is 10.0 Å². The van der Waals surface area contributed by atoms with E-state index in [9.17, 15) is 14.4 Å². The lowest BCUT2D eigenvalue weighted by atomic mass is 9.76. The fraction of sp³-hybridized carbons (Fsp3) is 0.235. The van der Waals surface area contributed by atoms with Crippen molar-refractivity contribution in [2.75, 3.05) is 0 Å². The van der Waals surface area contributed by atoms with Crippen LogP contribution in [0.1, 0.15) is 34.9 Å². The molecule has 0 radical (unpaired) electrons. The maximum absolute atomic E-state index is 12.6. The van der Waals surface area contributed by atoms with Crippen LogP contribution < -0.4 is 0 Å². The van der Waals surface area contributed by atoms with Gasteiger partial charge in [-0.2, -0.15) is 0 Å². The van der Waals surface area contributed by atoms with Crippen LogP contribution in [0.3, 0.4) is 0 Å². The molecule has 0 aliphatic heterocycles. The van der Waals surface area contributed by atoms with Gasteiger partial charge in [-0.3, -0.25) is 14.4 Å². The van der Waals surface area contributed by atoms with E-state index in [1.54, 1.807) is 12.1 Å². The van der Waals surface area contributed by atoms with Crippen molar-refractivity contribution in [3.8, 4) is 0 Å². The highest BCUT2D eigenvalue weighted by Crippen LogP contribution is 2.34. The first kappa shape index (κ1) is 16.0. The summed E-state index contributed by atoms with van der Waals surface area (Å²) in [6, 6.07) is 7.79. The minimum Gasteiger partial charge on any atom is -0.469 e. The van der Waals surface area contributed by atoms with Crippen LogP contribution in [0.15, 0.2) is 41.0 Å². The van der Waals surface area contributed by atoms with Gasteiger partial charge in [0.15, 0.2) is 17.3 Å². The van der Waals surface area contributed by atoms with Crippen molar-refractivity contribution in [2.45, 2.75) is 18.8 Å². The molecule has 0 amide bonds. The highest BCUT2D eigenvalue weighted by molar-refractivity contribution is 6.38. The lowest BCUT2D eigenvalue weighted by molar-refractivity contribution is -0.134. The monoisotopic (exact) mass is 350 g/mol. The first-order chi connectivity index (χ1) is 11.0. The number of benzene rings is 1. The molecule has 3 rings (SSSR count). The van der Waals surface area contributed by atoms with Crippen molar-refractivity contribution in [2.24, 2.45) is 5.92 Å². The van der Waals surface area contributed by atoms with Crippen molar-refractivity contribution in [3.05, 3.63) is 58.0 Å². The van der Waals surface area contributed by atoms with Crippen molar-refractivity contribution in [1.29, 1.82) is 0 Å². The van der Waals surface area contributed by atoms with E-state index < -0.39 is 23.3 Å². The third-order valence-electron chi connectivity index (χ3n) is 3.94. The van der Waals surface area contributed by atoms with Gasteiger partial charge in [0.2, 0.25) is 0 Å². The van der Waals surface area contributed by atoms with Gasteiger partial charge in [-0.25, -0.2) is 0 Å². The molecule has 0 N–H and O–H groups in total. The standard InChI is InChI=1S/C17H12Cl2O4/c18-10-3-4-11(12(19)8-10)17(22)16-13(20)6-9(7-14(16)21)15-2-1-5-23-15/h1-5,8-9,16H,6-7H2. The Kier molecular flexibility index (Phi) is 4.37. The molecule has 1 aromatic carbocycles. The van der Waals surface area contributed by atoms with Crippen LogP contribution in [0.5, 0.6) is 0 Å². The Hall–Kier alpha value is -1.91. The van der Waals surface area contributed by atoms with Gasteiger partial charge >= 0.3 is 0 Å². The zero-order valence-electron chi connectivity index (χ0n) is 11.9. The Labute approximate surface area is 142 Å². The molecule has 2 aromatic rings. The zero-order chi connectivity index (χ0) is 16.6. The minimum absolute atomic E-state index is 0.0981. The average molecular weight is 351 g/mol.